The second kappa shape index (κ2) is 19.3. The summed E-state index contributed by atoms with van der Waals surface area (Å²) in [4.78, 5) is 0. The molecule has 0 heterocycles. The van der Waals surface area contributed by atoms with E-state index in [0.29, 0.717) is 83.4 Å². The van der Waals surface area contributed by atoms with Gasteiger partial charge in [0.1, 0.15) is 22.9 Å². The standard InChI is InChI=1S/C34H38Cl2N6O4/c35-31-23-29(45-21-3-1-19-43)13-15-33(31)41-39-27-9-5-25(6-10-27)37-17-18-38-26-7-11-28(12-8-26)40-42-34-16-14-30(24-32(34)36)46-22-4-2-20-44/h5-16,23-24,37-38,43-44H,1-4,17-22H2/b41-39+,42-40+. The van der Waals surface area contributed by atoms with Crippen molar-refractivity contribution in [1.29, 1.82) is 0 Å². The molecule has 0 aliphatic rings. The second-order valence-corrected chi connectivity index (χ2v) is 10.9. The number of nitrogens with one attached hydrogen (secondary N) is 2. The maximum Gasteiger partial charge on any atom is 0.120 e. The van der Waals surface area contributed by atoms with E-state index in [4.69, 9.17) is 42.9 Å². The van der Waals surface area contributed by atoms with Crippen LogP contribution in [0.15, 0.2) is 105 Å². The Morgan fingerprint density at radius 1 is 0.522 bits per heavy atom. The molecule has 0 aromatic heterocycles. The largest absolute Gasteiger partial charge is 0.494 e. The zero-order valence-corrected chi connectivity index (χ0v) is 26.9. The van der Waals surface area contributed by atoms with E-state index in [9.17, 15) is 0 Å². The van der Waals surface area contributed by atoms with Crippen LogP contribution < -0.4 is 20.1 Å². The predicted molar refractivity (Wildman–Crippen MR) is 185 cm³/mol. The number of aliphatic hydroxyl groups excluding tert-OH is 2. The summed E-state index contributed by atoms with van der Waals surface area (Å²) in [5, 5.41) is 42.5. The van der Waals surface area contributed by atoms with Gasteiger partial charge >= 0.3 is 0 Å². The predicted octanol–water partition coefficient (Wildman–Crippen LogP) is 9.65. The topological polar surface area (TPSA) is 132 Å². The second-order valence-electron chi connectivity index (χ2n) is 10.1. The molecule has 46 heavy (non-hydrogen) atoms. The minimum Gasteiger partial charge on any atom is -0.494 e. The highest BCUT2D eigenvalue weighted by molar-refractivity contribution is 6.33. The summed E-state index contributed by atoms with van der Waals surface area (Å²) in [5.74, 6) is 1.32. The number of halogens is 2. The number of hydrogen-bond acceptors (Lipinski definition) is 10. The summed E-state index contributed by atoms with van der Waals surface area (Å²) >= 11 is 12.7. The first kappa shape index (κ1) is 34.6. The first-order chi connectivity index (χ1) is 22.5. The van der Waals surface area contributed by atoms with E-state index in [2.05, 4.69) is 31.1 Å². The monoisotopic (exact) mass is 664 g/mol. The summed E-state index contributed by atoms with van der Waals surface area (Å²) < 4.78 is 11.3. The Morgan fingerprint density at radius 2 is 0.935 bits per heavy atom. The van der Waals surface area contributed by atoms with Gasteiger partial charge in [-0.2, -0.15) is 10.2 Å². The van der Waals surface area contributed by atoms with E-state index in [1.807, 2.05) is 48.5 Å². The highest BCUT2D eigenvalue weighted by Crippen LogP contribution is 2.32. The van der Waals surface area contributed by atoms with Crippen LogP contribution in [0.2, 0.25) is 10.0 Å². The van der Waals surface area contributed by atoms with Crippen molar-refractivity contribution >= 4 is 57.3 Å². The molecule has 10 nitrogen and oxygen atoms in total. The molecule has 0 saturated heterocycles. The van der Waals surface area contributed by atoms with Crippen molar-refractivity contribution < 1.29 is 19.7 Å². The lowest BCUT2D eigenvalue weighted by Gasteiger charge is -2.09. The lowest BCUT2D eigenvalue weighted by Crippen LogP contribution is -2.13. The number of aliphatic hydroxyl groups is 2. The van der Waals surface area contributed by atoms with Gasteiger partial charge < -0.3 is 30.3 Å². The Kier molecular flexibility index (Phi) is 14.6. The van der Waals surface area contributed by atoms with Crippen LogP contribution in [0.25, 0.3) is 0 Å². The molecule has 4 aromatic carbocycles. The molecule has 0 bridgehead atoms. The Bertz CT molecular complexity index is 1440. The number of rotatable bonds is 19. The van der Waals surface area contributed by atoms with E-state index < -0.39 is 0 Å². The van der Waals surface area contributed by atoms with Gasteiger partial charge in [0.05, 0.1) is 34.6 Å². The van der Waals surface area contributed by atoms with Crippen LogP contribution in [-0.2, 0) is 0 Å². The number of hydrogen-bond donors (Lipinski definition) is 4. The van der Waals surface area contributed by atoms with E-state index in [-0.39, 0.29) is 13.2 Å². The summed E-state index contributed by atoms with van der Waals surface area (Å²) in [6.45, 7) is 2.78. The van der Waals surface area contributed by atoms with Crippen molar-refractivity contribution in [3.8, 4) is 11.5 Å². The number of azo groups is 2. The lowest BCUT2D eigenvalue weighted by molar-refractivity contribution is 0.253. The van der Waals surface area contributed by atoms with E-state index in [1.54, 1.807) is 36.4 Å². The first-order valence-electron chi connectivity index (χ1n) is 15.1. The van der Waals surface area contributed by atoms with Crippen LogP contribution in [0.3, 0.4) is 0 Å². The van der Waals surface area contributed by atoms with Crippen molar-refractivity contribution in [1.82, 2.24) is 0 Å². The van der Waals surface area contributed by atoms with Crippen LogP contribution >= 0.6 is 23.2 Å². The zero-order valence-electron chi connectivity index (χ0n) is 25.4. The van der Waals surface area contributed by atoms with Gasteiger partial charge in [0.25, 0.3) is 0 Å². The van der Waals surface area contributed by atoms with Crippen molar-refractivity contribution in [2.24, 2.45) is 20.5 Å². The maximum atomic E-state index is 8.86. The third-order valence-corrected chi connectivity index (χ3v) is 7.15. The third-order valence-electron chi connectivity index (χ3n) is 6.54. The Balaban J connectivity index is 1.17. The molecule has 242 valence electrons. The minimum absolute atomic E-state index is 0.156. The highest BCUT2D eigenvalue weighted by Gasteiger charge is 2.04. The SMILES string of the molecule is OCCCCOc1ccc(/N=N/c2ccc(NCCNc3ccc(/N=N/c4ccc(OCCCCO)cc4Cl)cc3)cc2)c(Cl)c1. The summed E-state index contributed by atoms with van der Waals surface area (Å²) in [7, 11) is 0. The fourth-order valence-corrected chi connectivity index (χ4v) is 4.47. The minimum atomic E-state index is 0.156. The highest BCUT2D eigenvalue weighted by atomic mass is 35.5. The van der Waals surface area contributed by atoms with Gasteiger partial charge in [-0.15, -0.1) is 10.2 Å². The van der Waals surface area contributed by atoms with Crippen LogP contribution in [0.1, 0.15) is 25.7 Å². The molecular weight excluding hydrogens is 627 g/mol. The Labute approximate surface area is 279 Å². The molecule has 0 amide bonds. The van der Waals surface area contributed by atoms with Gasteiger partial charge in [-0.05, 0) is 98.5 Å². The van der Waals surface area contributed by atoms with Gasteiger partial charge in [0.2, 0.25) is 0 Å². The van der Waals surface area contributed by atoms with Crippen molar-refractivity contribution in [2.45, 2.75) is 25.7 Å². The molecule has 12 heteroatoms. The van der Waals surface area contributed by atoms with Gasteiger partial charge in [0, 0.05) is 49.8 Å². The Hall–Kier alpha value is -4.22. The molecule has 0 aliphatic heterocycles. The fourth-order valence-electron chi connectivity index (χ4n) is 4.05. The first-order valence-corrected chi connectivity index (χ1v) is 15.9. The molecule has 0 fully saturated rings. The molecule has 0 radical (unpaired) electrons. The normalized spacial score (nSPS) is 11.3. The quantitative estimate of drug-likeness (QED) is 0.0582. The lowest BCUT2D eigenvalue weighted by atomic mass is 10.2. The van der Waals surface area contributed by atoms with Crippen molar-refractivity contribution in [3.63, 3.8) is 0 Å². The molecule has 0 atom stereocenters. The summed E-state index contributed by atoms with van der Waals surface area (Å²) in [6.07, 6.45) is 2.96. The molecule has 4 rings (SSSR count). The van der Waals surface area contributed by atoms with E-state index in [1.165, 1.54) is 0 Å². The van der Waals surface area contributed by atoms with Crippen LogP contribution in [0.5, 0.6) is 11.5 Å². The average Bonchev–Trinajstić information content (AvgIpc) is 3.07. The molecule has 4 aromatic rings. The average molecular weight is 666 g/mol. The number of unbranched alkanes of at least 4 members (excludes halogenated alkanes) is 2. The van der Waals surface area contributed by atoms with E-state index in [0.717, 1.165) is 24.2 Å². The number of benzene rings is 4. The molecule has 0 unspecified atom stereocenters. The molecule has 0 aliphatic carbocycles. The fraction of sp³-hybridized carbons (Fsp3) is 0.294. The Morgan fingerprint density at radius 3 is 1.30 bits per heavy atom. The zero-order chi connectivity index (χ0) is 32.4. The number of ether oxygens (including phenoxy) is 2. The van der Waals surface area contributed by atoms with E-state index >= 15 is 0 Å². The van der Waals surface area contributed by atoms with Gasteiger partial charge in [0.15, 0.2) is 0 Å². The van der Waals surface area contributed by atoms with Crippen LogP contribution in [0, 0.1) is 0 Å². The summed E-state index contributed by atoms with van der Waals surface area (Å²) in [5.41, 5.74) is 4.47. The third kappa shape index (κ3) is 11.9. The number of anilines is 2. The molecule has 0 saturated carbocycles. The van der Waals surface area contributed by atoms with Crippen molar-refractivity contribution in [2.75, 3.05) is 50.2 Å². The van der Waals surface area contributed by atoms with Gasteiger partial charge in [-0.3, -0.25) is 0 Å². The van der Waals surface area contributed by atoms with Crippen molar-refractivity contribution in [3.05, 3.63) is 95.0 Å². The molecule has 4 N–H and O–H groups in total. The van der Waals surface area contributed by atoms with Gasteiger partial charge in [-0.25, -0.2) is 0 Å². The molecule has 0 spiro atoms. The van der Waals surface area contributed by atoms with Crippen LogP contribution in [0.4, 0.5) is 34.1 Å². The van der Waals surface area contributed by atoms with Gasteiger partial charge in [-0.1, -0.05) is 23.2 Å². The maximum absolute atomic E-state index is 8.86. The van der Waals surface area contributed by atoms with Crippen LogP contribution in [-0.4, -0.2) is 49.7 Å². The summed E-state index contributed by atoms with van der Waals surface area (Å²) in [6, 6.07) is 25.9. The molecular formula is C34H38Cl2N6O4. The number of nitrogens with zero attached hydrogens (tertiary/aromatic N) is 4. The smallest absolute Gasteiger partial charge is 0.120 e.